The Morgan fingerprint density at radius 1 is 0.967 bits per heavy atom. The van der Waals surface area contributed by atoms with E-state index in [1.54, 1.807) is 30.3 Å². The van der Waals surface area contributed by atoms with Gasteiger partial charge < -0.3 is 21.7 Å². The number of nitrogens with two attached hydrogens (primary N) is 1. The Hall–Kier alpha value is -3.47. The molecule has 0 bridgehead atoms. The van der Waals surface area contributed by atoms with Gasteiger partial charge in [0.2, 0.25) is 29.5 Å². The van der Waals surface area contributed by atoms with Crippen LogP contribution in [0.1, 0.15) is 32.3 Å². The molecule has 0 aliphatic rings. The fraction of sp³-hybridized carbons (Fsp3) is 0.421. The summed E-state index contributed by atoms with van der Waals surface area (Å²) in [6.45, 7) is 2.62. The van der Waals surface area contributed by atoms with Crippen molar-refractivity contribution in [2.24, 2.45) is 5.73 Å². The second kappa shape index (κ2) is 12.2. The summed E-state index contributed by atoms with van der Waals surface area (Å²) in [5.74, 6) is -3.30. The third-order valence-electron chi connectivity index (χ3n) is 4.18. The van der Waals surface area contributed by atoms with Gasteiger partial charge in [-0.05, 0) is 18.9 Å². The van der Waals surface area contributed by atoms with Crippen molar-refractivity contribution in [1.29, 1.82) is 0 Å². The number of hydrogen-bond acceptors (Lipinski definition) is 6. The van der Waals surface area contributed by atoms with Crippen LogP contribution in [-0.4, -0.2) is 52.9 Å². The molecule has 7 N–H and O–H groups in total. The molecule has 0 radical (unpaired) electrons. The lowest BCUT2D eigenvalue weighted by molar-refractivity contribution is -0.134. The number of amides is 5. The molecule has 0 aliphatic heterocycles. The molecule has 11 nitrogen and oxygen atoms in total. The maximum absolute atomic E-state index is 12.7. The number of rotatable bonds is 11. The highest BCUT2D eigenvalue weighted by molar-refractivity contribution is 5.94. The third kappa shape index (κ3) is 8.69. The summed E-state index contributed by atoms with van der Waals surface area (Å²) in [4.78, 5) is 59.3. The second-order valence-electron chi connectivity index (χ2n) is 6.71. The van der Waals surface area contributed by atoms with Gasteiger partial charge in [0.15, 0.2) is 0 Å². The van der Waals surface area contributed by atoms with E-state index < -0.39 is 47.7 Å². The maximum atomic E-state index is 12.7. The molecule has 1 aromatic carbocycles. The van der Waals surface area contributed by atoms with Crippen LogP contribution in [0.15, 0.2) is 30.3 Å². The second-order valence-corrected chi connectivity index (χ2v) is 6.71. The van der Waals surface area contributed by atoms with E-state index in [1.165, 1.54) is 19.3 Å². The van der Waals surface area contributed by atoms with Crippen LogP contribution in [0.2, 0.25) is 0 Å². The monoisotopic (exact) mass is 421 g/mol. The minimum atomic E-state index is -1.11. The Morgan fingerprint density at radius 2 is 1.57 bits per heavy atom. The molecule has 0 heterocycles. The van der Waals surface area contributed by atoms with Crippen LogP contribution in [0.3, 0.4) is 0 Å². The average molecular weight is 421 g/mol. The van der Waals surface area contributed by atoms with Crippen LogP contribution in [-0.2, 0) is 30.4 Å². The van der Waals surface area contributed by atoms with E-state index >= 15 is 0 Å². The Labute approximate surface area is 173 Å². The van der Waals surface area contributed by atoms with E-state index in [0.717, 1.165) is 5.56 Å². The van der Waals surface area contributed by atoms with Crippen molar-refractivity contribution in [3.63, 3.8) is 0 Å². The number of nitrogens with one attached hydrogen (secondary N) is 4. The predicted molar refractivity (Wildman–Crippen MR) is 106 cm³/mol. The van der Waals surface area contributed by atoms with Crippen molar-refractivity contribution in [3.8, 4) is 0 Å². The molecule has 0 saturated carbocycles. The van der Waals surface area contributed by atoms with Gasteiger partial charge >= 0.3 is 0 Å². The largest absolute Gasteiger partial charge is 0.368 e. The zero-order chi connectivity index (χ0) is 22.7. The molecule has 0 aromatic heterocycles. The number of carbonyl (C=O) groups is 5. The number of hydrogen-bond donors (Lipinski definition) is 6. The average Bonchev–Trinajstić information content (AvgIpc) is 2.70. The number of primary amides is 1. The first-order valence-corrected chi connectivity index (χ1v) is 9.28. The first-order chi connectivity index (χ1) is 14.1. The maximum Gasteiger partial charge on any atom is 0.243 e. The summed E-state index contributed by atoms with van der Waals surface area (Å²) >= 11 is 0. The van der Waals surface area contributed by atoms with Gasteiger partial charge in [-0.15, -0.1) is 0 Å². The molecule has 11 heteroatoms. The van der Waals surface area contributed by atoms with E-state index in [4.69, 9.17) is 10.9 Å². The molecule has 5 amide bonds. The Kier molecular flexibility index (Phi) is 9.97. The van der Waals surface area contributed by atoms with E-state index in [2.05, 4.69) is 16.0 Å². The third-order valence-corrected chi connectivity index (χ3v) is 4.18. The molecular weight excluding hydrogens is 394 g/mol. The minimum Gasteiger partial charge on any atom is -0.368 e. The zero-order valence-electron chi connectivity index (χ0n) is 16.8. The highest BCUT2D eigenvalue weighted by Gasteiger charge is 2.28. The summed E-state index contributed by atoms with van der Waals surface area (Å²) in [6, 6.07) is 5.74. The predicted octanol–water partition coefficient (Wildman–Crippen LogP) is -1.51. The lowest BCUT2D eigenvalue weighted by Gasteiger charge is -2.24. The summed E-state index contributed by atoms with van der Waals surface area (Å²) in [7, 11) is 0. The van der Waals surface area contributed by atoms with Crippen molar-refractivity contribution < 1.29 is 29.2 Å². The van der Waals surface area contributed by atoms with E-state index in [0.29, 0.717) is 0 Å². The molecule has 0 aliphatic carbocycles. The van der Waals surface area contributed by atoms with Gasteiger partial charge in [0.05, 0.1) is 0 Å². The Bertz CT molecular complexity index is 770. The molecule has 0 fully saturated rings. The number of benzene rings is 1. The number of carbonyl (C=O) groups excluding carboxylic acids is 5. The first-order valence-electron chi connectivity index (χ1n) is 9.28. The summed E-state index contributed by atoms with van der Waals surface area (Å²) in [5, 5.41) is 16.0. The van der Waals surface area contributed by atoms with Crippen molar-refractivity contribution in [1.82, 2.24) is 21.4 Å². The standard InChI is InChI=1S/C19H27N5O6/c1-11(17(20)27)21-19(29)15(10-13-6-4-3-5-7-13)23-18(28)14(22-12(2)25)8-9-16(26)24-30/h3-7,11,14-15,30H,8-10H2,1-2H3,(H2,20,27)(H,21,29)(H,22,25)(H,23,28)(H,24,26)/t11-,14-,15-/m0/s1. The van der Waals surface area contributed by atoms with Crippen LogP contribution < -0.4 is 27.2 Å². The molecule has 0 spiro atoms. The number of hydroxylamine groups is 1. The molecule has 164 valence electrons. The first kappa shape index (κ1) is 24.6. The fourth-order valence-electron chi connectivity index (χ4n) is 2.56. The SMILES string of the molecule is CC(=O)N[C@@H](CCC(=O)NO)C(=O)N[C@@H](Cc1ccccc1)C(=O)N[C@@H](C)C(N)=O. The van der Waals surface area contributed by atoms with Crippen LogP contribution in [0.5, 0.6) is 0 Å². The van der Waals surface area contributed by atoms with Crippen molar-refractivity contribution in [2.75, 3.05) is 0 Å². The zero-order valence-corrected chi connectivity index (χ0v) is 16.8. The van der Waals surface area contributed by atoms with Gasteiger partial charge in [-0.3, -0.25) is 29.2 Å². The quantitative estimate of drug-likeness (QED) is 0.187. The summed E-state index contributed by atoms with van der Waals surface area (Å²) in [5.41, 5.74) is 7.37. The molecule has 3 atom stereocenters. The molecule has 30 heavy (non-hydrogen) atoms. The smallest absolute Gasteiger partial charge is 0.243 e. The van der Waals surface area contributed by atoms with Crippen LogP contribution in [0.4, 0.5) is 0 Å². The van der Waals surface area contributed by atoms with Gasteiger partial charge in [-0.25, -0.2) is 5.48 Å². The van der Waals surface area contributed by atoms with E-state index in [-0.39, 0.29) is 19.3 Å². The molecule has 1 rings (SSSR count). The summed E-state index contributed by atoms with van der Waals surface area (Å²) < 4.78 is 0. The molecule has 0 saturated heterocycles. The fourth-order valence-corrected chi connectivity index (χ4v) is 2.56. The molecule has 0 unspecified atom stereocenters. The van der Waals surface area contributed by atoms with Gasteiger partial charge in [0.1, 0.15) is 18.1 Å². The summed E-state index contributed by atoms with van der Waals surface area (Å²) in [6.07, 6.45) is -0.216. The van der Waals surface area contributed by atoms with Gasteiger partial charge in [-0.2, -0.15) is 0 Å². The molecular formula is C19H27N5O6. The lowest BCUT2D eigenvalue weighted by atomic mass is 10.0. The minimum absolute atomic E-state index is 0.102. The van der Waals surface area contributed by atoms with Crippen molar-refractivity contribution in [3.05, 3.63) is 35.9 Å². The van der Waals surface area contributed by atoms with E-state index in [9.17, 15) is 24.0 Å². The van der Waals surface area contributed by atoms with Gasteiger partial charge in [-0.1, -0.05) is 30.3 Å². The van der Waals surface area contributed by atoms with Crippen LogP contribution in [0, 0.1) is 0 Å². The lowest BCUT2D eigenvalue weighted by Crippen LogP contribution is -2.56. The Balaban J connectivity index is 2.98. The highest BCUT2D eigenvalue weighted by atomic mass is 16.5. The van der Waals surface area contributed by atoms with Crippen molar-refractivity contribution in [2.45, 2.75) is 51.2 Å². The normalized spacial score (nSPS) is 13.3. The van der Waals surface area contributed by atoms with Gasteiger partial charge in [0.25, 0.3) is 0 Å². The van der Waals surface area contributed by atoms with Crippen LogP contribution in [0.25, 0.3) is 0 Å². The topological polar surface area (TPSA) is 180 Å². The Morgan fingerprint density at radius 3 is 2.10 bits per heavy atom. The highest BCUT2D eigenvalue weighted by Crippen LogP contribution is 2.06. The van der Waals surface area contributed by atoms with Gasteiger partial charge in [0, 0.05) is 19.8 Å². The van der Waals surface area contributed by atoms with Crippen LogP contribution >= 0.6 is 0 Å². The van der Waals surface area contributed by atoms with Crippen molar-refractivity contribution >= 4 is 29.5 Å². The molecule has 1 aromatic rings. The van der Waals surface area contributed by atoms with E-state index in [1.807, 2.05) is 0 Å².